The number of ether oxygens (including phenoxy) is 3. The number of carbonyl (C=O) groups is 2. The molecule has 0 unspecified atom stereocenters. The van der Waals surface area contributed by atoms with Gasteiger partial charge in [-0.15, -0.1) is 0 Å². The third-order valence-corrected chi connectivity index (χ3v) is 2.99. The maximum absolute atomic E-state index is 11.3. The van der Waals surface area contributed by atoms with Crippen LogP contribution < -0.4 is 15.4 Å². The minimum absolute atomic E-state index is 0.314. The molecule has 0 aromatic heterocycles. The SMILES string of the molecule is CCOC(=O)Nc1ccc(Oc2ccc(NC(=O)OCC)cc2)cc1. The molecule has 7 nitrogen and oxygen atoms in total. The Balaban J connectivity index is 1.91. The van der Waals surface area contributed by atoms with Crippen LogP contribution in [0.4, 0.5) is 21.0 Å². The molecule has 0 saturated carbocycles. The van der Waals surface area contributed by atoms with Crippen molar-refractivity contribution in [2.45, 2.75) is 13.8 Å². The van der Waals surface area contributed by atoms with Gasteiger partial charge in [-0.2, -0.15) is 0 Å². The molecule has 2 amide bonds. The van der Waals surface area contributed by atoms with Gasteiger partial charge >= 0.3 is 12.2 Å². The fourth-order valence-corrected chi connectivity index (χ4v) is 1.92. The van der Waals surface area contributed by atoms with E-state index in [9.17, 15) is 9.59 Å². The summed E-state index contributed by atoms with van der Waals surface area (Å²) in [5, 5.41) is 5.20. The first-order valence-electron chi connectivity index (χ1n) is 7.86. The zero-order chi connectivity index (χ0) is 18.1. The molecular weight excluding hydrogens is 324 g/mol. The molecule has 0 radical (unpaired) electrons. The Morgan fingerprint density at radius 1 is 0.720 bits per heavy atom. The summed E-state index contributed by atoms with van der Waals surface area (Å²) < 4.78 is 15.3. The van der Waals surface area contributed by atoms with Crippen LogP contribution in [0.2, 0.25) is 0 Å². The standard InChI is InChI=1S/C18H20N2O5/c1-3-23-17(21)19-13-5-9-15(10-6-13)25-16-11-7-14(8-12-16)20-18(22)24-4-2/h5-12H,3-4H2,1-2H3,(H,19,21)(H,20,22). The lowest BCUT2D eigenvalue weighted by atomic mass is 10.3. The van der Waals surface area contributed by atoms with Gasteiger partial charge in [-0.05, 0) is 62.4 Å². The van der Waals surface area contributed by atoms with E-state index in [1.165, 1.54) is 0 Å². The van der Waals surface area contributed by atoms with Crippen molar-refractivity contribution in [3.8, 4) is 11.5 Å². The predicted molar refractivity (Wildman–Crippen MR) is 94.2 cm³/mol. The van der Waals surface area contributed by atoms with Crippen molar-refractivity contribution in [3.63, 3.8) is 0 Å². The molecule has 132 valence electrons. The number of anilines is 2. The Hall–Kier alpha value is -3.22. The number of nitrogens with one attached hydrogen (secondary N) is 2. The molecule has 0 aliphatic rings. The van der Waals surface area contributed by atoms with Crippen molar-refractivity contribution in [2.75, 3.05) is 23.8 Å². The normalized spacial score (nSPS) is 9.84. The molecule has 2 N–H and O–H groups in total. The molecular formula is C18H20N2O5. The van der Waals surface area contributed by atoms with E-state index in [4.69, 9.17) is 14.2 Å². The molecule has 25 heavy (non-hydrogen) atoms. The minimum atomic E-state index is -0.499. The topological polar surface area (TPSA) is 85.9 Å². The highest BCUT2D eigenvalue weighted by molar-refractivity contribution is 5.85. The highest BCUT2D eigenvalue weighted by Gasteiger charge is 2.04. The number of benzene rings is 2. The molecule has 2 aromatic rings. The summed E-state index contributed by atoms with van der Waals surface area (Å²) in [6.07, 6.45) is -0.998. The van der Waals surface area contributed by atoms with E-state index in [2.05, 4.69) is 10.6 Å². The predicted octanol–water partition coefficient (Wildman–Crippen LogP) is 4.62. The molecule has 2 aromatic carbocycles. The second-order valence-electron chi connectivity index (χ2n) is 4.84. The van der Waals surface area contributed by atoms with Crippen LogP contribution in [0.5, 0.6) is 11.5 Å². The average Bonchev–Trinajstić information content (AvgIpc) is 2.59. The highest BCUT2D eigenvalue weighted by Crippen LogP contribution is 2.24. The number of hydrogen-bond acceptors (Lipinski definition) is 5. The Bertz CT molecular complexity index is 637. The molecule has 0 aliphatic heterocycles. The monoisotopic (exact) mass is 344 g/mol. The van der Waals surface area contributed by atoms with Gasteiger partial charge in [-0.1, -0.05) is 0 Å². The lowest BCUT2D eigenvalue weighted by Crippen LogP contribution is -2.13. The lowest BCUT2D eigenvalue weighted by molar-refractivity contribution is 0.167. The van der Waals surface area contributed by atoms with E-state index in [1.54, 1.807) is 62.4 Å². The smallest absolute Gasteiger partial charge is 0.411 e. The largest absolute Gasteiger partial charge is 0.457 e. The van der Waals surface area contributed by atoms with Gasteiger partial charge in [-0.25, -0.2) is 9.59 Å². The van der Waals surface area contributed by atoms with Gasteiger partial charge in [0.05, 0.1) is 13.2 Å². The zero-order valence-electron chi connectivity index (χ0n) is 14.1. The van der Waals surface area contributed by atoms with Crippen LogP contribution in [0.1, 0.15) is 13.8 Å². The Morgan fingerprint density at radius 3 is 1.40 bits per heavy atom. The van der Waals surface area contributed by atoms with Crippen molar-refractivity contribution < 1.29 is 23.8 Å². The molecule has 0 atom stereocenters. The van der Waals surface area contributed by atoms with Crippen LogP contribution in [0.3, 0.4) is 0 Å². The number of carbonyl (C=O) groups excluding carboxylic acids is 2. The Kier molecular flexibility index (Phi) is 6.65. The summed E-state index contributed by atoms with van der Waals surface area (Å²) in [5.41, 5.74) is 1.22. The van der Waals surface area contributed by atoms with Crippen LogP contribution in [0.25, 0.3) is 0 Å². The Labute approximate surface area is 145 Å². The van der Waals surface area contributed by atoms with Crippen molar-refractivity contribution in [1.82, 2.24) is 0 Å². The van der Waals surface area contributed by atoms with E-state index in [0.717, 1.165) is 0 Å². The number of hydrogen-bond donors (Lipinski definition) is 2. The van der Waals surface area contributed by atoms with Crippen molar-refractivity contribution in [1.29, 1.82) is 0 Å². The second kappa shape index (κ2) is 9.17. The molecule has 0 aliphatic carbocycles. The molecule has 2 rings (SSSR count). The Morgan fingerprint density at radius 2 is 1.08 bits per heavy atom. The van der Waals surface area contributed by atoms with Crippen LogP contribution in [0.15, 0.2) is 48.5 Å². The summed E-state index contributed by atoms with van der Waals surface area (Å²) in [6.45, 7) is 4.11. The fraction of sp³-hybridized carbons (Fsp3) is 0.222. The summed E-state index contributed by atoms with van der Waals surface area (Å²) in [5.74, 6) is 1.22. The van der Waals surface area contributed by atoms with Gasteiger partial charge in [-0.3, -0.25) is 10.6 Å². The van der Waals surface area contributed by atoms with Gasteiger partial charge in [0.1, 0.15) is 11.5 Å². The van der Waals surface area contributed by atoms with E-state index in [0.29, 0.717) is 36.1 Å². The van der Waals surface area contributed by atoms with E-state index in [1.807, 2.05) is 0 Å². The van der Waals surface area contributed by atoms with Gasteiger partial charge in [0, 0.05) is 11.4 Å². The molecule has 0 fully saturated rings. The number of rotatable bonds is 6. The molecule has 0 saturated heterocycles. The molecule has 0 spiro atoms. The third kappa shape index (κ3) is 6.06. The second-order valence-corrected chi connectivity index (χ2v) is 4.84. The van der Waals surface area contributed by atoms with E-state index < -0.39 is 12.2 Å². The first-order chi connectivity index (χ1) is 12.1. The zero-order valence-corrected chi connectivity index (χ0v) is 14.1. The maximum Gasteiger partial charge on any atom is 0.411 e. The molecule has 0 bridgehead atoms. The van der Waals surface area contributed by atoms with Crippen molar-refractivity contribution in [2.24, 2.45) is 0 Å². The van der Waals surface area contributed by atoms with Crippen LogP contribution in [0, 0.1) is 0 Å². The first kappa shape index (κ1) is 18.1. The van der Waals surface area contributed by atoms with Gasteiger partial charge < -0.3 is 14.2 Å². The van der Waals surface area contributed by atoms with Crippen molar-refractivity contribution >= 4 is 23.6 Å². The molecule has 7 heteroatoms. The van der Waals surface area contributed by atoms with Gasteiger partial charge in [0.15, 0.2) is 0 Å². The number of amides is 2. The highest BCUT2D eigenvalue weighted by atomic mass is 16.6. The fourth-order valence-electron chi connectivity index (χ4n) is 1.92. The first-order valence-corrected chi connectivity index (χ1v) is 7.86. The molecule has 0 heterocycles. The van der Waals surface area contributed by atoms with Gasteiger partial charge in [0.25, 0.3) is 0 Å². The maximum atomic E-state index is 11.3. The quantitative estimate of drug-likeness (QED) is 0.799. The summed E-state index contributed by atoms with van der Waals surface area (Å²) >= 11 is 0. The summed E-state index contributed by atoms with van der Waals surface area (Å²) in [6, 6.07) is 13.8. The summed E-state index contributed by atoms with van der Waals surface area (Å²) in [7, 11) is 0. The van der Waals surface area contributed by atoms with Crippen LogP contribution in [-0.4, -0.2) is 25.4 Å². The van der Waals surface area contributed by atoms with Crippen molar-refractivity contribution in [3.05, 3.63) is 48.5 Å². The van der Waals surface area contributed by atoms with E-state index in [-0.39, 0.29) is 0 Å². The van der Waals surface area contributed by atoms with Crippen LogP contribution in [-0.2, 0) is 9.47 Å². The van der Waals surface area contributed by atoms with Gasteiger partial charge in [0.2, 0.25) is 0 Å². The minimum Gasteiger partial charge on any atom is -0.457 e. The lowest BCUT2D eigenvalue weighted by Gasteiger charge is -2.09. The average molecular weight is 344 g/mol. The van der Waals surface area contributed by atoms with Crippen LogP contribution >= 0.6 is 0 Å². The summed E-state index contributed by atoms with van der Waals surface area (Å²) in [4.78, 5) is 22.7. The third-order valence-electron chi connectivity index (χ3n) is 2.99. The van der Waals surface area contributed by atoms with E-state index >= 15 is 0 Å².